The van der Waals surface area contributed by atoms with Crippen molar-refractivity contribution in [3.8, 4) is 0 Å². The number of rotatable bonds is 3. The van der Waals surface area contributed by atoms with Gasteiger partial charge in [0, 0.05) is 26.2 Å². The third-order valence-corrected chi connectivity index (χ3v) is 5.37. The SMILES string of the molecule is O=S(=O)(c1cnc(N2CCOCC2)nc1)N1CCOCC1. The lowest BCUT2D eigenvalue weighted by molar-refractivity contribution is 0.0730. The van der Waals surface area contributed by atoms with Crippen molar-refractivity contribution in [3.63, 3.8) is 0 Å². The van der Waals surface area contributed by atoms with E-state index in [-0.39, 0.29) is 4.90 Å². The molecule has 2 saturated heterocycles. The van der Waals surface area contributed by atoms with Crippen LogP contribution in [0.3, 0.4) is 0 Å². The van der Waals surface area contributed by atoms with Crippen LogP contribution in [0.4, 0.5) is 5.95 Å². The van der Waals surface area contributed by atoms with Gasteiger partial charge < -0.3 is 14.4 Å². The predicted molar refractivity (Wildman–Crippen MR) is 74.6 cm³/mol. The zero-order chi connectivity index (χ0) is 14.7. The molecule has 2 fully saturated rings. The van der Waals surface area contributed by atoms with E-state index in [1.54, 1.807) is 0 Å². The summed E-state index contributed by atoms with van der Waals surface area (Å²) in [5.74, 6) is 0.541. The molecular weight excluding hydrogens is 296 g/mol. The molecule has 2 aliphatic heterocycles. The standard InChI is InChI=1S/C12H18N4O4S/c17-21(18,16-3-7-20-8-4-16)11-9-13-12(14-10-11)15-1-5-19-6-2-15/h9-10H,1-8H2. The van der Waals surface area contributed by atoms with Gasteiger partial charge in [0.2, 0.25) is 16.0 Å². The molecule has 0 amide bonds. The van der Waals surface area contributed by atoms with Crippen molar-refractivity contribution in [3.05, 3.63) is 12.4 Å². The molecule has 8 nitrogen and oxygen atoms in total. The Labute approximate surface area is 123 Å². The van der Waals surface area contributed by atoms with E-state index in [9.17, 15) is 8.42 Å². The lowest BCUT2D eigenvalue weighted by atomic mass is 10.4. The molecule has 0 N–H and O–H groups in total. The molecule has 1 aromatic rings. The summed E-state index contributed by atoms with van der Waals surface area (Å²) in [6.45, 7) is 4.29. The molecule has 1 aromatic heterocycles. The Bertz CT molecular complexity index is 565. The Balaban J connectivity index is 1.76. The molecule has 0 atom stereocenters. The number of anilines is 1. The molecular formula is C12H18N4O4S. The first kappa shape index (κ1) is 14.6. The van der Waals surface area contributed by atoms with Gasteiger partial charge in [0.05, 0.1) is 38.8 Å². The maximum atomic E-state index is 12.4. The van der Waals surface area contributed by atoms with E-state index in [0.717, 1.165) is 13.1 Å². The Kier molecular flexibility index (Phi) is 4.34. The van der Waals surface area contributed by atoms with Crippen molar-refractivity contribution >= 4 is 16.0 Å². The Morgan fingerprint density at radius 2 is 1.43 bits per heavy atom. The average Bonchev–Trinajstić information content (AvgIpc) is 2.57. The third-order valence-electron chi connectivity index (χ3n) is 3.52. The van der Waals surface area contributed by atoms with Crippen LogP contribution in [-0.2, 0) is 19.5 Å². The molecule has 21 heavy (non-hydrogen) atoms. The zero-order valence-corrected chi connectivity index (χ0v) is 12.5. The summed E-state index contributed by atoms with van der Waals surface area (Å²) >= 11 is 0. The fourth-order valence-corrected chi connectivity index (χ4v) is 3.61. The highest BCUT2D eigenvalue weighted by atomic mass is 32.2. The first-order chi connectivity index (χ1) is 10.2. The maximum Gasteiger partial charge on any atom is 0.246 e. The molecule has 2 aliphatic rings. The molecule has 0 spiro atoms. The van der Waals surface area contributed by atoms with E-state index in [1.165, 1.54) is 16.7 Å². The fraction of sp³-hybridized carbons (Fsp3) is 0.667. The Hall–Kier alpha value is -1.29. The zero-order valence-electron chi connectivity index (χ0n) is 11.6. The third kappa shape index (κ3) is 3.15. The smallest absolute Gasteiger partial charge is 0.246 e. The summed E-state index contributed by atoms with van der Waals surface area (Å²) in [4.78, 5) is 10.5. The van der Waals surface area contributed by atoms with Gasteiger partial charge in [0.15, 0.2) is 0 Å². The van der Waals surface area contributed by atoms with Crippen LogP contribution < -0.4 is 4.90 Å². The normalized spacial score (nSPS) is 21.4. The molecule has 9 heteroatoms. The van der Waals surface area contributed by atoms with Gasteiger partial charge in [-0.2, -0.15) is 4.31 Å². The summed E-state index contributed by atoms with van der Waals surface area (Å²) in [5, 5.41) is 0. The predicted octanol–water partition coefficient (Wildman–Crippen LogP) is -0.666. The first-order valence-corrected chi connectivity index (χ1v) is 8.34. The van der Waals surface area contributed by atoms with Crippen molar-refractivity contribution in [2.45, 2.75) is 4.90 Å². The van der Waals surface area contributed by atoms with Crippen molar-refractivity contribution < 1.29 is 17.9 Å². The lowest BCUT2D eigenvalue weighted by Crippen LogP contribution is -2.41. The number of aromatic nitrogens is 2. The molecule has 3 rings (SSSR count). The number of hydrogen-bond donors (Lipinski definition) is 0. The molecule has 3 heterocycles. The lowest BCUT2D eigenvalue weighted by Gasteiger charge is -2.27. The van der Waals surface area contributed by atoms with Crippen LogP contribution in [-0.4, -0.2) is 75.3 Å². The van der Waals surface area contributed by atoms with Crippen LogP contribution in [0.5, 0.6) is 0 Å². The van der Waals surface area contributed by atoms with Crippen LogP contribution in [0.15, 0.2) is 17.3 Å². The largest absolute Gasteiger partial charge is 0.379 e. The highest BCUT2D eigenvalue weighted by Crippen LogP contribution is 2.17. The van der Waals surface area contributed by atoms with Crippen molar-refractivity contribution in [1.82, 2.24) is 14.3 Å². The summed E-state index contributed by atoms with van der Waals surface area (Å²) in [6.07, 6.45) is 2.76. The maximum absolute atomic E-state index is 12.4. The Morgan fingerprint density at radius 1 is 0.905 bits per heavy atom. The van der Waals surface area contributed by atoms with Crippen molar-refractivity contribution in [2.24, 2.45) is 0 Å². The number of sulfonamides is 1. The van der Waals surface area contributed by atoms with E-state index in [1.807, 2.05) is 4.90 Å². The van der Waals surface area contributed by atoms with Gasteiger partial charge in [-0.1, -0.05) is 0 Å². The summed E-state index contributed by atoms with van der Waals surface area (Å²) in [5.41, 5.74) is 0. The first-order valence-electron chi connectivity index (χ1n) is 6.90. The number of ether oxygens (including phenoxy) is 2. The van der Waals surface area contributed by atoms with Crippen LogP contribution >= 0.6 is 0 Å². The second kappa shape index (κ2) is 6.22. The van der Waals surface area contributed by atoms with Gasteiger partial charge in [0.1, 0.15) is 4.90 Å². The van der Waals surface area contributed by atoms with Crippen LogP contribution in [0, 0.1) is 0 Å². The summed E-state index contributed by atoms with van der Waals surface area (Å²) in [7, 11) is -3.52. The molecule has 0 saturated carbocycles. The highest BCUT2D eigenvalue weighted by Gasteiger charge is 2.27. The molecule has 0 bridgehead atoms. The summed E-state index contributed by atoms with van der Waals surface area (Å²) in [6, 6.07) is 0. The van der Waals surface area contributed by atoms with Crippen LogP contribution in [0.25, 0.3) is 0 Å². The van der Waals surface area contributed by atoms with E-state index >= 15 is 0 Å². The minimum Gasteiger partial charge on any atom is -0.379 e. The minimum atomic E-state index is -3.52. The van der Waals surface area contributed by atoms with Gasteiger partial charge in [-0.05, 0) is 0 Å². The molecule has 0 radical (unpaired) electrons. The second-order valence-corrected chi connectivity index (χ2v) is 6.77. The topological polar surface area (TPSA) is 84.9 Å². The number of nitrogens with zero attached hydrogens (tertiary/aromatic N) is 4. The van der Waals surface area contributed by atoms with Gasteiger partial charge in [-0.15, -0.1) is 0 Å². The Morgan fingerprint density at radius 3 is 2.00 bits per heavy atom. The van der Waals surface area contributed by atoms with E-state index in [4.69, 9.17) is 9.47 Å². The average molecular weight is 314 g/mol. The number of hydrogen-bond acceptors (Lipinski definition) is 7. The van der Waals surface area contributed by atoms with Crippen molar-refractivity contribution in [1.29, 1.82) is 0 Å². The van der Waals surface area contributed by atoms with Crippen LogP contribution in [0.1, 0.15) is 0 Å². The molecule has 0 aromatic carbocycles. The second-order valence-electron chi connectivity index (χ2n) is 4.83. The molecule has 116 valence electrons. The van der Waals surface area contributed by atoms with Crippen molar-refractivity contribution in [2.75, 3.05) is 57.5 Å². The van der Waals surface area contributed by atoms with Crippen LogP contribution in [0.2, 0.25) is 0 Å². The molecule has 0 unspecified atom stereocenters. The molecule has 0 aliphatic carbocycles. The fourth-order valence-electron chi connectivity index (χ4n) is 2.31. The van der Waals surface area contributed by atoms with E-state index in [2.05, 4.69) is 9.97 Å². The van der Waals surface area contributed by atoms with Gasteiger partial charge in [-0.3, -0.25) is 0 Å². The van der Waals surface area contributed by atoms with E-state index < -0.39 is 10.0 Å². The van der Waals surface area contributed by atoms with Gasteiger partial charge in [0.25, 0.3) is 0 Å². The highest BCUT2D eigenvalue weighted by molar-refractivity contribution is 7.89. The van der Waals surface area contributed by atoms with E-state index in [0.29, 0.717) is 45.5 Å². The monoisotopic (exact) mass is 314 g/mol. The van der Waals surface area contributed by atoms with Gasteiger partial charge >= 0.3 is 0 Å². The number of morpholine rings is 2. The van der Waals surface area contributed by atoms with Gasteiger partial charge in [-0.25, -0.2) is 18.4 Å². The quantitative estimate of drug-likeness (QED) is 0.732. The summed E-state index contributed by atoms with van der Waals surface area (Å²) < 4.78 is 36.7. The minimum absolute atomic E-state index is 0.126.